The Morgan fingerprint density at radius 3 is 2.50 bits per heavy atom. The van der Waals surface area contributed by atoms with Gasteiger partial charge in [-0.2, -0.15) is 0 Å². The van der Waals surface area contributed by atoms with E-state index in [1.165, 1.54) is 11.1 Å². The lowest BCUT2D eigenvalue weighted by molar-refractivity contribution is -0.144. The summed E-state index contributed by atoms with van der Waals surface area (Å²) < 4.78 is 5.76. The van der Waals surface area contributed by atoms with Gasteiger partial charge in [0.1, 0.15) is 0 Å². The first-order valence-electron chi connectivity index (χ1n) is 9.20. The average Bonchev–Trinajstić information content (AvgIpc) is 3.34. The molecule has 1 aliphatic heterocycles. The minimum Gasteiger partial charge on any atom is -0.480 e. The number of hydrogen-bond donors (Lipinski definition) is 1. The molecule has 26 heavy (non-hydrogen) atoms. The summed E-state index contributed by atoms with van der Waals surface area (Å²) in [5.41, 5.74) is 3.14. The van der Waals surface area contributed by atoms with Crippen LogP contribution in [-0.2, 0) is 19.7 Å². The Labute approximate surface area is 154 Å². The summed E-state index contributed by atoms with van der Waals surface area (Å²) >= 11 is 0. The summed E-state index contributed by atoms with van der Waals surface area (Å²) in [6, 6.07) is 6.40. The molecule has 1 unspecified atom stereocenters. The third kappa shape index (κ3) is 4.07. The molecule has 1 aromatic carbocycles. The van der Waals surface area contributed by atoms with Crippen LogP contribution in [0.2, 0.25) is 0 Å². The number of aliphatic carboxylic acids is 1. The van der Waals surface area contributed by atoms with Crippen molar-refractivity contribution in [1.29, 1.82) is 0 Å². The fourth-order valence-corrected chi connectivity index (χ4v) is 3.96. The van der Waals surface area contributed by atoms with Crippen LogP contribution in [0.15, 0.2) is 18.2 Å². The number of carbonyl (C=O) groups is 2. The normalized spacial score (nSPS) is 21.7. The van der Waals surface area contributed by atoms with Gasteiger partial charge in [-0.25, -0.2) is 0 Å². The van der Waals surface area contributed by atoms with Crippen LogP contribution in [-0.4, -0.2) is 72.7 Å². The van der Waals surface area contributed by atoms with E-state index in [-0.39, 0.29) is 24.0 Å². The molecule has 1 amide bonds. The van der Waals surface area contributed by atoms with Crippen molar-refractivity contribution in [3.05, 3.63) is 34.9 Å². The molecule has 1 aromatic rings. The number of morpholine rings is 1. The van der Waals surface area contributed by atoms with Gasteiger partial charge in [0.2, 0.25) is 5.91 Å². The van der Waals surface area contributed by atoms with Gasteiger partial charge in [-0.1, -0.05) is 29.3 Å². The fourth-order valence-electron chi connectivity index (χ4n) is 3.96. The molecule has 1 saturated carbocycles. The zero-order chi connectivity index (χ0) is 18.9. The smallest absolute Gasteiger partial charge is 0.317 e. The standard InChI is InChI=1S/C20H28N2O4/c1-14-8-15(2)10-16(9-14)20(4-5-20)19(25)22-6-7-26-17(12-22)11-21(3)13-18(23)24/h8-10,17H,4-7,11-13H2,1-3H3,(H,23,24). The van der Waals surface area contributed by atoms with Gasteiger partial charge >= 0.3 is 5.97 Å². The predicted octanol–water partition coefficient (Wildman–Crippen LogP) is 1.58. The molecule has 142 valence electrons. The number of aryl methyl sites for hydroxylation is 2. The van der Waals surface area contributed by atoms with Crippen LogP contribution in [0.3, 0.4) is 0 Å². The number of carboxylic acid groups (broad SMARTS) is 1. The number of nitrogens with zero attached hydrogens (tertiary/aromatic N) is 2. The number of hydrogen-bond acceptors (Lipinski definition) is 4. The Bertz CT molecular complexity index is 679. The topological polar surface area (TPSA) is 70.1 Å². The minimum absolute atomic E-state index is 0.0275. The van der Waals surface area contributed by atoms with E-state index in [0.29, 0.717) is 26.2 Å². The third-order valence-electron chi connectivity index (χ3n) is 5.28. The van der Waals surface area contributed by atoms with Crippen molar-refractivity contribution in [3.63, 3.8) is 0 Å². The lowest BCUT2D eigenvalue weighted by atomic mass is 9.91. The fraction of sp³-hybridized carbons (Fsp3) is 0.600. The Morgan fingerprint density at radius 2 is 1.92 bits per heavy atom. The van der Waals surface area contributed by atoms with Crippen LogP contribution in [0, 0.1) is 13.8 Å². The quantitative estimate of drug-likeness (QED) is 0.834. The highest BCUT2D eigenvalue weighted by atomic mass is 16.5. The van der Waals surface area contributed by atoms with Gasteiger partial charge in [-0.3, -0.25) is 14.5 Å². The van der Waals surface area contributed by atoms with E-state index < -0.39 is 5.97 Å². The molecule has 2 aliphatic rings. The van der Waals surface area contributed by atoms with E-state index in [1.54, 1.807) is 11.9 Å². The molecule has 6 heteroatoms. The maximum absolute atomic E-state index is 13.3. The largest absolute Gasteiger partial charge is 0.480 e. The van der Waals surface area contributed by atoms with Crippen molar-refractivity contribution in [3.8, 4) is 0 Å². The monoisotopic (exact) mass is 360 g/mol. The predicted molar refractivity (Wildman–Crippen MR) is 98.3 cm³/mol. The van der Waals surface area contributed by atoms with Gasteiger partial charge in [0, 0.05) is 19.6 Å². The minimum atomic E-state index is -0.858. The second-order valence-corrected chi connectivity index (χ2v) is 7.79. The van der Waals surface area contributed by atoms with E-state index >= 15 is 0 Å². The molecule has 0 radical (unpaired) electrons. The van der Waals surface area contributed by atoms with Gasteiger partial charge in [-0.05, 0) is 39.3 Å². The second-order valence-electron chi connectivity index (χ2n) is 7.79. The van der Waals surface area contributed by atoms with Crippen molar-refractivity contribution < 1.29 is 19.4 Å². The Morgan fingerprint density at radius 1 is 1.27 bits per heavy atom. The summed E-state index contributed by atoms with van der Waals surface area (Å²) in [4.78, 5) is 27.7. The van der Waals surface area contributed by atoms with E-state index in [1.807, 2.05) is 4.90 Å². The Hall–Kier alpha value is -1.92. The first kappa shape index (κ1) is 18.9. The summed E-state index contributed by atoms with van der Waals surface area (Å²) in [5.74, 6) is -0.667. The van der Waals surface area contributed by atoms with Gasteiger partial charge < -0.3 is 14.7 Å². The van der Waals surface area contributed by atoms with Crippen LogP contribution >= 0.6 is 0 Å². The van der Waals surface area contributed by atoms with Gasteiger partial charge in [-0.15, -0.1) is 0 Å². The first-order valence-corrected chi connectivity index (χ1v) is 9.20. The molecule has 0 spiro atoms. The molecule has 2 fully saturated rings. The maximum atomic E-state index is 13.3. The first-order chi connectivity index (χ1) is 12.3. The van der Waals surface area contributed by atoms with Gasteiger partial charge in [0.15, 0.2) is 0 Å². The number of ether oxygens (including phenoxy) is 1. The van der Waals surface area contributed by atoms with Gasteiger partial charge in [0.05, 0.1) is 24.7 Å². The maximum Gasteiger partial charge on any atom is 0.317 e. The SMILES string of the molecule is Cc1cc(C)cc(C2(C(=O)N3CCOC(CN(C)CC(=O)O)C3)CC2)c1. The summed E-state index contributed by atoms with van der Waals surface area (Å²) in [5, 5.41) is 8.89. The van der Waals surface area contributed by atoms with E-state index in [2.05, 4.69) is 32.0 Å². The molecule has 1 atom stereocenters. The number of amides is 1. The van der Waals surface area contributed by atoms with Crippen LogP contribution < -0.4 is 0 Å². The molecule has 1 aliphatic carbocycles. The van der Waals surface area contributed by atoms with Crippen molar-refractivity contribution in [2.24, 2.45) is 0 Å². The lowest BCUT2D eigenvalue weighted by Crippen LogP contribution is -2.52. The molecule has 6 nitrogen and oxygen atoms in total. The lowest BCUT2D eigenvalue weighted by Gasteiger charge is -2.36. The molecule has 0 bridgehead atoms. The molecule has 1 heterocycles. The number of benzene rings is 1. The zero-order valence-corrected chi connectivity index (χ0v) is 15.8. The third-order valence-corrected chi connectivity index (χ3v) is 5.28. The van der Waals surface area contributed by atoms with Crippen LogP contribution in [0.4, 0.5) is 0 Å². The Balaban J connectivity index is 1.68. The number of rotatable bonds is 6. The summed E-state index contributed by atoms with van der Waals surface area (Å²) in [6.07, 6.45) is 1.65. The molecule has 0 aromatic heterocycles. The summed E-state index contributed by atoms with van der Waals surface area (Å²) in [6.45, 7) is 6.24. The molecular formula is C20H28N2O4. The highest BCUT2D eigenvalue weighted by Crippen LogP contribution is 2.50. The number of likely N-dealkylation sites (N-methyl/N-ethyl adjacent to an activating group) is 1. The highest BCUT2D eigenvalue weighted by molar-refractivity contribution is 5.91. The van der Waals surface area contributed by atoms with E-state index in [4.69, 9.17) is 9.84 Å². The second kappa shape index (κ2) is 7.37. The van der Waals surface area contributed by atoms with Crippen LogP contribution in [0.1, 0.15) is 29.5 Å². The van der Waals surface area contributed by atoms with Crippen LogP contribution in [0.25, 0.3) is 0 Å². The molecule has 3 rings (SSSR count). The molecule has 1 N–H and O–H groups in total. The Kier molecular flexibility index (Phi) is 5.34. The number of carboxylic acids is 1. The van der Waals surface area contributed by atoms with Gasteiger partial charge in [0.25, 0.3) is 0 Å². The van der Waals surface area contributed by atoms with E-state index in [9.17, 15) is 9.59 Å². The molecule has 1 saturated heterocycles. The average molecular weight is 360 g/mol. The van der Waals surface area contributed by atoms with Crippen molar-refractivity contribution >= 4 is 11.9 Å². The van der Waals surface area contributed by atoms with Crippen molar-refractivity contribution in [2.45, 2.75) is 38.2 Å². The molecular weight excluding hydrogens is 332 g/mol. The zero-order valence-electron chi connectivity index (χ0n) is 15.8. The number of carbonyl (C=O) groups excluding carboxylic acids is 1. The highest BCUT2D eigenvalue weighted by Gasteiger charge is 2.53. The van der Waals surface area contributed by atoms with Crippen molar-refractivity contribution in [1.82, 2.24) is 9.80 Å². The van der Waals surface area contributed by atoms with E-state index in [0.717, 1.165) is 18.4 Å². The summed E-state index contributed by atoms with van der Waals surface area (Å²) in [7, 11) is 1.76. The van der Waals surface area contributed by atoms with Crippen molar-refractivity contribution in [2.75, 3.05) is 39.8 Å². The van der Waals surface area contributed by atoms with Crippen LogP contribution in [0.5, 0.6) is 0 Å².